The molecule has 0 fully saturated rings. The van der Waals surface area contributed by atoms with Crippen LogP contribution in [0.2, 0.25) is 0 Å². The fourth-order valence-corrected chi connectivity index (χ4v) is 2.33. The molecular weight excluding hydrogens is 295 g/mol. The quantitative estimate of drug-likeness (QED) is 0.756. The van der Waals surface area contributed by atoms with Gasteiger partial charge in [-0.15, -0.1) is 10.2 Å². The lowest BCUT2D eigenvalue weighted by Gasteiger charge is -1.94. The van der Waals surface area contributed by atoms with E-state index in [9.17, 15) is 0 Å². The Morgan fingerprint density at radius 1 is 1.15 bits per heavy atom. The van der Waals surface area contributed by atoms with Crippen LogP contribution in [0.25, 0.3) is 10.6 Å². The Hall–Kier alpha value is -0.490. The first kappa shape index (κ1) is 9.08. The van der Waals surface area contributed by atoms with Crippen molar-refractivity contribution < 1.29 is 0 Å². The molecule has 0 atom stereocenters. The topological polar surface area (TPSA) is 25.8 Å². The van der Waals surface area contributed by atoms with Crippen LogP contribution in [0.5, 0.6) is 0 Å². The second-order valence-corrected chi connectivity index (χ2v) is 5.46. The molecule has 0 N–H and O–H groups in total. The van der Waals surface area contributed by atoms with Gasteiger partial charge >= 0.3 is 0 Å². The third-order valence-electron chi connectivity index (χ3n) is 1.70. The highest BCUT2D eigenvalue weighted by Crippen LogP contribution is 2.24. The molecule has 1 aromatic heterocycles. The monoisotopic (exact) mass is 302 g/mol. The molecule has 0 radical (unpaired) electrons. The van der Waals surface area contributed by atoms with E-state index in [1.807, 2.05) is 0 Å². The van der Waals surface area contributed by atoms with E-state index >= 15 is 0 Å². The second-order valence-electron chi connectivity index (χ2n) is 2.73. The summed E-state index contributed by atoms with van der Waals surface area (Å²) in [4.78, 5) is 0. The molecule has 0 aliphatic carbocycles. The number of aromatic nitrogens is 2. The summed E-state index contributed by atoms with van der Waals surface area (Å²) < 4.78 is 0.980. The molecule has 13 heavy (non-hydrogen) atoms. The number of benzene rings is 1. The average Bonchev–Trinajstić information content (AvgIpc) is 2.53. The van der Waals surface area contributed by atoms with Crippen molar-refractivity contribution in [2.24, 2.45) is 0 Å². The van der Waals surface area contributed by atoms with Crippen molar-refractivity contribution in [2.45, 2.75) is 6.92 Å². The first-order valence-corrected chi connectivity index (χ1v) is 5.71. The minimum absolute atomic E-state index is 0.980. The molecule has 0 amide bonds. The number of hydrogen-bond acceptors (Lipinski definition) is 3. The van der Waals surface area contributed by atoms with Gasteiger partial charge in [0, 0.05) is 5.56 Å². The number of halogens is 1. The molecule has 66 valence electrons. The average molecular weight is 302 g/mol. The van der Waals surface area contributed by atoms with Crippen LogP contribution in [0, 0.1) is 9.94 Å². The first-order valence-electron chi connectivity index (χ1n) is 3.82. The van der Waals surface area contributed by atoms with Crippen molar-refractivity contribution in [1.82, 2.24) is 10.2 Å². The van der Waals surface area contributed by atoms with Gasteiger partial charge in [0.25, 0.3) is 0 Å². The Bertz CT molecular complexity index is 408. The molecular formula is C9H7IN2S. The summed E-state index contributed by atoms with van der Waals surface area (Å²) in [5.74, 6) is 0. The van der Waals surface area contributed by atoms with Crippen LogP contribution in [0.4, 0.5) is 0 Å². The molecule has 0 aliphatic rings. The minimum Gasteiger partial charge on any atom is -0.137 e. The van der Waals surface area contributed by atoms with E-state index in [1.165, 1.54) is 5.56 Å². The molecule has 0 saturated carbocycles. The van der Waals surface area contributed by atoms with Crippen LogP contribution in [-0.2, 0) is 0 Å². The Morgan fingerprint density at radius 3 is 2.38 bits per heavy atom. The molecule has 0 bridgehead atoms. The predicted molar refractivity (Wildman–Crippen MR) is 62.8 cm³/mol. The number of nitrogens with zero attached hydrogens (tertiary/aromatic N) is 2. The maximum atomic E-state index is 4.08. The van der Waals surface area contributed by atoms with E-state index in [4.69, 9.17) is 0 Å². The van der Waals surface area contributed by atoms with E-state index in [0.29, 0.717) is 0 Å². The predicted octanol–water partition coefficient (Wildman–Crippen LogP) is 3.12. The van der Waals surface area contributed by atoms with Gasteiger partial charge in [0.1, 0.15) is 5.01 Å². The van der Waals surface area contributed by atoms with E-state index in [-0.39, 0.29) is 0 Å². The lowest BCUT2D eigenvalue weighted by molar-refractivity contribution is 1.07. The second kappa shape index (κ2) is 3.71. The normalized spacial score (nSPS) is 10.3. The standard InChI is InChI=1S/C9H7IN2S/c1-6-2-4-7(5-3-6)8-11-12-9(10)13-8/h2-5H,1H3. The van der Waals surface area contributed by atoms with Crippen LogP contribution in [0.3, 0.4) is 0 Å². The van der Waals surface area contributed by atoms with Crippen molar-refractivity contribution in [3.63, 3.8) is 0 Å². The Kier molecular flexibility index (Phi) is 2.59. The maximum absolute atomic E-state index is 4.08. The molecule has 0 saturated heterocycles. The lowest BCUT2D eigenvalue weighted by atomic mass is 10.2. The molecule has 1 aromatic carbocycles. The van der Waals surface area contributed by atoms with Gasteiger partial charge in [0.05, 0.1) is 0 Å². The van der Waals surface area contributed by atoms with Gasteiger partial charge in [-0.1, -0.05) is 41.2 Å². The molecule has 4 heteroatoms. The van der Waals surface area contributed by atoms with Gasteiger partial charge in [0.15, 0.2) is 3.01 Å². The van der Waals surface area contributed by atoms with Crippen LogP contribution < -0.4 is 0 Å². The summed E-state index contributed by atoms with van der Waals surface area (Å²) in [6.45, 7) is 2.08. The highest BCUT2D eigenvalue weighted by atomic mass is 127. The van der Waals surface area contributed by atoms with Gasteiger partial charge in [-0.3, -0.25) is 0 Å². The third-order valence-corrected chi connectivity index (χ3v) is 3.34. The van der Waals surface area contributed by atoms with Gasteiger partial charge in [0.2, 0.25) is 0 Å². The molecule has 0 spiro atoms. The first-order chi connectivity index (χ1) is 6.25. The van der Waals surface area contributed by atoms with Crippen molar-refractivity contribution in [3.8, 4) is 10.6 Å². The van der Waals surface area contributed by atoms with Crippen molar-refractivity contribution in [3.05, 3.63) is 32.8 Å². The van der Waals surface area contributed by atoms with E-state index < -0.39 is 0 Å². The summed E-state index contributed by atoms with van der Waals surface area (Å²) in [6, 6.07) is 8.32. The molecule has 0 aliphatic heterocycles. The van der Waals surface area contributed by atoms with Crippen LogP contribution >= 0.6 is 33.9 Å². The minimum atomic E-state index is 0.980. The Labute approximate surface area is 94.2 Å². The summed E-state index contributed by atoms with van der Waals surface area (Å²) >= 11 is 3.79. The number of hydrogen-bond donors (Lipinski definition) is 0. The van der Waals surface area contributed by atoms with E-state index in [0.717, 1.165) is 13.6 Å². The molecule has 0 unspecified atom stereocenters. The summed E-state index contributed by atoms with van der Waals surface area (Å²) in [5.41, 5.74) is 2.41. The van der Waals surface area contributed by atoms with Gasteiger partial charge in [-0.05, 0) is 29.5 Å². The van der Waals surface area contributed by atoms with Crippen LogP contribution in [0.15, 0.2) is 24.3 Å². The highest BCUT2D eigenvalue weighted by Gasteiger charge is 2.03. The fourth-order valence-electron chi connectivity index (χ4n) is 1.02. The number of rotatable bonds is 1. The fraction of sp³-hybridized carbons (Fsp3) is 0.111. The van der Waals surface area contributed by atoms with Crippen molar-refractivity contribution in [1.29, 1.82) is 0 Å². The summed E-state index contributed by atoms with van der Waals surface area (Å²) in [5, 5.41) is 9.04. The van der Waals surface area contributed by atoms with Crippen molar-refractivity contribution in [2.75, 3.05) is 0 Å². The molecule has 2 aromatic rings. The molecule has 2 nitrogen and oxygen atoms in total. The SMILES string of the molecule is Cc1ccc(-c2nnc(I)s2)cc1. The van der Waals surface area contributed by atoms with Gasteiger partial charge < -0.3 is 0 Å². The summed E-state index contributed by atoms with van der Waals surface area (Å²) in [6.07, 6.45) is 0. The molecule has 1 heterocycles. The zero-order chi connectivity index (χ0) is 9.26. The lowest BCUT2D eigenvalue weighted by Crippen LogP contribution is -1.77. The molecule has 2 rings (SSSR count). The number of aryl methyl sites for hydroxylation is 1. The third kappa shape index (κ3) is 2.05. The van der Waals surface area contributed by atoms with Gasteiger partial charge in [-0.2, -0.15) is 0 Å². The largest absolute Gasteiger partial charge is 0.178 e. The van der Waals surface area contributed by atoms with Gasteiger partial charge in [-0.25, -0.2) is 0 Å². The maximum Gasteiger partial charge on any atom is 0.178 e. The summed E-state index contributed by atoms with van der Waals surface area (Å²) in [7, 11) is 0. The van der Waals surface area contributed by atoms with Crippen molar-refractivity contribution >= 4 is 33.9 Å². The van der Waals surface area contributed by atoms with Crippen LogP contribution in [-0.4, -0.2) is 10.2 Å². The van der Waals surface area contributed by atoms with E-state index in [1.54, 1.807) is 11.3 Å². The van der Waals surface area contributed by atoms with Crippen LogP contribution in [0.1, 0.15) is 5.56 Å². The Balaban J connectivity index is 2.41. The smallest absolute Gasteiger partial charge is 0.137 e. The zero-order valence-corrected chi connectivity index (χ0v) is 9.96. The highest BCUT2D eigenvalue weighted by molar-refractivity contribution is 14.1. The van der Waals surface area contributed by atoms with E-state index in [2.05, 4.69) is 64.0 Å². The zero-order valence-electron chi connectivity index (χ0n) is 6.99. The Morgan fingerprint density at radius 2 is 1.85 bits per heavy atom.